The average molecular weight is 258 g/mol. The van der Waals surface area contributed by atoms with E-state index < -0.39 is 0 Å². The van der Waals surface area contributed by atoms with Crippen molar-refractivity contribution in [3.05, 3.63) is 39.8 Å². The van der Waals surface area contributed by atoms with Gasteiger partial charge in [-0.2, -0.15) is 5.26 Å². The number of nitriles is 1. The fraction of sp³-hybridized carbons (Fsp3) is 0.231. The van der Waals surface area contributed by atoms with Gasteiger partial charge in [-0.1, -0.05) is 0 Å². The Balaban J connectivity index is 2.17. The van der Waals surface area contributed by atoms with E-state index in [1.54, 1.807) is 23.5 Å². The van der Waals surface area contributed by atoms with E-state index in [-0.39, 0.29) is 6.04 Å². The van der Waals surface area contributed by atoms with Gasteiger partial charge in [-0.25, -0.2) is 4.98 Å². The Hall–Kier alpha value is -2.06. The molecule has 1 atom stereocenters. The molecule has 0 spiro atoms. The Labute approximate surface area is 110 Å². The summed E-state index contributed by atoms with van der Waals surface area (Å²) in [5, 5.41) is 15.1. The summed E-state index contributed by atoms with van der Waals surface area (Å²) in [4.78, 5) is 4.43. The number of nitrogen functional groups attached to an aromatic ring is 1. The maximum atomic E-state index is 8.78. The third kappa shape index (κ3) is 2.60. The first-order valence-corrected chi connectivity index (χ1v) is 6.46. The van der Waals surface area contributed by atoms with Crippen molar-refractivity contribution in [2.45, 2.75) is 19.9 Å². The van der Waals surface area contributed by atoms with Crippen LogP contribution in [-0.4, -0.2) is 4.98 Å². The van der Waals surface area contributed by atoms with Gasteiger partial charge in [0.25, 0.3) is 0 Å². The normalized spacial score (nSPS) is 11.8. The number of benzene rings is 1. The summed E-state index contributed by atoms with van der Waals surface area (Å²) >= 11 is 1.62. The molecule has 0 amide bonds. The molecule has 0 aliphatic carbocycles. The molecule has 1 heterocycles. The van der Waals surface area contributed by atoms with Gasteiger partial charge >= 0.3 is 0 Å². The summed E-state index contributed by atoms with van der Waals surface area (Å²) in [6.07, 6.45) is 0. The minimum atomic E-state index is 0.0962. The first kappa shape index (κ1) is 12.4. The van der Waals surface area contributed by atoms with Crippen LogP contribution in [0.25, 0.3) is 0 Å². The van der Waals surface area contributed by atoms with Crippen molar-refractivity contribution in [2.75, 3.05) is 11.1 Å². The fourth-order valence-corrected chi connectivity index (χ4v) is 2.43. The van der Waals surface area contributed by atoms with E-state index in [1.807, 2.05) is 25.3 Å². The van der Waals surface area contributed by atoms with Gasteiger partial charge in [0.05, 0.1) is 29.0 Å². The monoisotopic (exact) mass is 258 g/mol. The Bertz CT molecular complexity index is 597. The number of thiazole rings is 1. The predicted octanol–water partition coefficient (Wildman–Crippen LogP) is 3.08. The number of aromatic nitrogens is 1. The van der Waals surface area contributed by atoms with Gasteiger partial charge in [-0.3, -0.25) is 0 Å². The average Bonchev–Trinajstić information content (AvgIpc) is 2.78. The molecule has 0 bridgehead atoms. The van der Waals surface area contributed by atoms with Crippen LogP contribution < -0.4 is 11.1 Å². The summed E-state index contributed by atoms with van der Waals surface area (Å²) in [5.41, 5.74) is 8.89. The van der Waals surface area contributed by atoms with Gasteiger partial charge in [0.2, 0.25) is 0 Å². The molecule has 0 fully saturated rings. The van der Waals surface area contributed by atoms with Crippen molar-refractivity contribution in [1.82, 2.24) is 4.98 Å². The summed E-state index contributed by atoms with van der Waals surface area (Å²) < 4.78 is 0. The zero-order valence-electron chi connectivity index (χ0n) is 10.3. The lowest BCUT2D eigenvalue weighted by Gasteiger charge is -2.14. The van der Waals surface area contributed by atoms with Crippen LogP contribution in [0.5, 0.6) is 0 Å². The van der Waals surface area contributed by atoms with Gasteiger partial charge < -0.3 is 11.1 Å². The van der Waals surface area contributed by atoms with Crippen LogP contribution in [0.15, 0.2) is 23.6 Å². The number of nitrogens with one attached hydrogen (secondary N) is 1. The Kier molecular flexibility index (Phi) is 3.49. The standard InChI is InChI=1S/C13H14N4S/c1-8-7-18-13(16-8)9(2)17-12-4-3-10(6-14)5-11(12)15/h3-5,7,9,17H,15H2,1-2H3. The second kappa shape index (κ2) is 5.07. The van der Waals surface area contributed by atoms with Gasteiger partial charge in [0.15, 0.2) is 0 Å². The quantitative estimate of drug-likeness (QED) is 0.830. The third-order valence-electron chi connectivity index (χ3n) is 2.56. The van der Waals surface area contributed by atoms with E-state index in [2.05, 4.69) is 16.4 Å². The zero-order chi connectivity index (χ0) is 13.1. The SMILES string of the molecule is Cc1csc(C(C)Nc2ccc(C#N)cc2N)n1. The molecule has 1 unspecified atom stereocenters. The predicted molar refractivity (Wildman–Crippen MR) is 74.5 cm³/mol. The highest BCUT2D eigenvalue weighted by Crippen LogP contribution is 2.26. The highest BCUT2D eigenvalue weighted by atomic mass is 32.1. The zero-order valence-corrected chi connectivity index (χ0v) is 11.1. The van der Waals surface area contributed by atoms with Gasteiger partial charge in [-0.05, 0) is 32.0 Å². The molecule has 0 aliphatic heterocycles. The van der Waals surface area contributed by atoms with Crippen molar-refractivity contribution in [3.63, 3.8) is 0 Å². The van der Waals surface area contributed by atoms with E-state index in [9.17, 15) is 0 Å². The second-order valence-corrected chi connectivity index (χ2v) is 5.00. The molecule has 2 rings (SSSR count). The first-order chi connectivity index (χ1) is 8.60. The van der Waals surface area contributed by atoms with E-state index in [4.69, 9.17) is 11.0 Å². The van der Waals surface area contributed by atoms with Crippen LogP contribution in [-0.2, 0) is 0 Å². The van der Waals surface area contributed by atoms with Crippen molar-refractivity contribution in [1.29, 1.82) is 5.26 Å². The largest absolute Gasteiger partial charge is 0.397 e. The molecule has 0 saturated carbocycles. The second-order valence-electron chi connectivity index (χ2n) is 4.11. The highest BCUT2D eigenvalue weighted by Gasteiger charge is 2.10. The molecule has 1 aromatic carbocycles. The van der Waals surface area contributed by atoms with Gasteiger partial charge in [0, 0.05) is 11.1 Å². The van der Waals surface area contributed by atoms with Crippen LogP contribution in [0, 0.1) is 18.3 Å². The Morgan fingerprint density at radius 3 is 2.83 bits per heavy atom. The molecule has 5 heteroatoms. The van der Waals surface area contributed by atoms with Crippen LogP contribution in [0.3, 0.4) is 0 Å². The van der Waals surface area contributed by atoms with Crippen molar-refractivity contribution in [2.24, 2.45) is 0 Å². The molecule has 0 saturated heterocycles. The number of nitrogens with two attached hydrogens (primary N) is 1. The minimum absolute atomic E-state index is 0.0962. The van der Waals surface area contributed by atoms with E-state index in [0.29, 0.717) is 11.3 Å². The molecule has 2 aromatic rings. The van der Waals surface area contributed by atoms with Crippen molar-refractivity contribution >= 4 is 22.7 Å². The number of hydrogen-bond acceptors (Lipinski definition) is 5. The van der Waals surface area contributed by atoms with E-state index >= 15 is 0 Å². The highest BCUT2D eigenvalue weighted by molar-refractivity contribution is 7.09. The van der Waals surface area contributed by atoms with Crippen LogP contribution in [0.1, 0.15) is 29.2 Å². The molecular weight excluding hydrogens is 244 g/mol. The lowest BCUT2D eigenvalue weighted by atomic mass is 10.2. The molecule has 1 aromatic heterocycles. The first-order valence-electron chi connectivity index (χ1n) is 5.58. The molecule has 0 radical (unpaired) electrons. The van der Waals surface area contributed by atoms with Crippen LogP contribution >= 0.6 is 11.3 Å². The topological polar surface area (TPSA) is 74.7 Å². The smallest absolute Gasteiger partial charge is 0.115 e. The molecule has 0 aliphatic rings. The summed E-state index contributed by atoms with van der Waals surface area (Å²) in [6, 6.07) is 7.40. The Morgan fingerprint density at radius 2 is 2.28 bits per heavy atom. The minimum Gasteiger partial charge on any atom is -0.397 e. The number of nitrogens with zero attached hydrogens (tertiary/aromatic N) is 2. The fourth-order valence-electron chi connectivity index (χ4n) is 1.63. The van der Waals surface area contributed by atoms with Crippen LogP contribution in [0.4, 0.5) is 11.4 Å². The summed E-state index contributed by atoms with van der Waals surface area (Å²) in [5.74, 6) is 0. The molecule has 92 valence electrons. The van der Waals surface area contributed by atoms with Gasteiger partial charge in [0.1, 0.15) is 5.01 Å². The third-order valence-corrected chi connectivity index (χ3v) is 3.71. The lowest BCUT2D eigenvalue weighted by molar-refractivity contribution is 0.864. The summed E-state index contributed by atoms with van der Waals surface area (Å²) in [6.45, 7) is 4.01. The molecule has 3 N–H and O–H groups in total. The molecular formula is C13H14N4S. The number of aryl methyl sites for hydroxylation is 1. The van der Waals surface area contributed by atoms with E-state index in [1.165, 1.54) is 0 Å². The number of anilines is 2. The lowest BCUT2D eigenvalue weighted by Crippen LogP contribution is -2.08. The van der Waals surface area contributed by atoms with Gasteiger partial charge in [-0.15, -0.1) is 11.3 Å². The molecule has 4 nitrogen and oxygen atoms in total. The van der Waals surface area contributed by atoms with E-state index in [0.717, 1.165) is 16.4 Å². The van der Waals surface area contributed by atoms with Crippen molar-refractivity contribution in [3.8, 4) is 6.07 Å². The van der Waals surface area contributed by atoms with Crippen LogP contribution in [0.2, 0.25) is 0 Å². The summed E-state index contributed by atoms with van der Waals surface area (Å²) in [7, 11) is 0. The molecule has 18 heavy (non-hydrogen) atoms. The maximum absolute atomic E-state index is 8.78. The Morgan fingerprint density at radius 1 is 1.50 bits per heavy atom. The number of hydrogen-bond donors (Lipinski definition) is 2. The van der Waals surface area contributed by atoms with Crippen molar-refractivity contribution < 1.29 is 0 Å². The number of rotatable bonds is 3. The maximum Gasteiger partial charge on any atom is 0.115 e.